The molecule has 5 rings (SSSR count). The van der Waals surface area contributed by atoms with E-state index >= 15 is 0 Å². The molecule has 2 N–H and O–H groups in total. The second kappa shape index (κ2) is 9.91. The number of aromatic nitrogens is 2. The predicted octanol–water partition coefficient (Wildman–Crippen LogP) is 5.65. The van der Waals surface area contributed by atoms with Crippen LogP contribution in [0.5, 0.6) is 5.75 Å². The molecule has 37 heavy (non-hydrogen) atoms. The van der Waals surface area contributed by atoms with E-state index in [2.05, 4.69) is 9.88 Å². The van der Waals surface area contributed by atoms with Gasteiger partial charge in [0.15, 0.2) is 11.6 Å². The number of hydrogen-bond acceptors (Lipinski definition) is 6. The summed E-state index contributed by atoms with van der Waals surface area (Å²) in [7, 11) is 2.79. The second-order valence-corrected chi connectivity index (χ2v) is 9.78. The predicted molar refractivity (Wildman–Crippen MR) is 137 cm³/mol. The normalized spacial score (nSPS) is 21.4. The van der Waals surface area contributed by atoms with Crippen LogP contribution in [0.1, 0.15) is 50.6 Å². The Hall–Kier alpha value is -3.82. The molecule has 0 saturated heterocycles. The van der Waals surface area contributed by atoms with Crippen molar-refractivity contribution in [1.82, 2.24) is 9.55 Å². The van der Waals surface area contributed by atoms with Gasteiger partial charge in [0.2, 0.25) is 5.95 Å². The largest absolute Gasteiger partial charge is 0.494 e. The first-order valence-electron chi connectivity index (χ1n) is 12.6. The van der Waals surface area contributed by atoms with Crippen LogP contribution >= 0.6 is 0 Å². The van der Waals surface area contributed by atoms with Crippen LogP contribution in [0.25, 0.3) is 11.0 Å². The molecule has 1 aliphatic heterocycles. The lowest BCUT2D eigenvalue weighted by atomic mass is 9.86. The summed E-state index contributed by atoms with van der Waals surface area (Å²) in [5.74, 6) is -0.850. The molecule has 0 bridgehead atoms. The van der Waals surface area contributed by atoms with Crippen molar-refractivity contribution in [2.75, 3.05) is 24.4 Å². The Morgan fingerprint density at radius 1 is 1.11 bits per heavy atom. The van der Waals surface area contributed by atoms with E-state index in [1.54, 1.807) is 17.0 Å². The van der Waals surface area contributed by atoms with E-state index in [1.807, 2.05) is 19.1 Å². The van der Waals surface area contributed by atoms with Gasteiger partial charge in [-0.3, -0.25) is 9.69 Å². The molecule has 1 atom stereocenters. The van der Waals surface area contributed by atoms with E-state index in [0.29, 0.717) is 37.3 Å². The topological polar surface area (TPSA) is 106 Å². The average Bonchev–Trinajstić information content (AvgIpc) is 3.27. The summed E-state index contributed by atoms with van der Waals surface area (Å²) in [6, 6.07) is 8.49. The minimum atomic E-state index is -0.753. The van der Waals surface area contributed by atoms with Gasteiger partial charge in [-0.25, -0.2) is 14.2 Å². The first-order chi connectivity index (χ1) is 17.8. The Balaban J connectivity index is 1.62. The maximum absolute atomic E-state index is 14.0. The SMILES string of the molecule is COC(=O)N1c2ccc3c(nc(Nc4ccc(F)c(OC)c4)n3C3CCC(C(=O)O)CC3)c2CCC1C. The van der Waals surface area contributed by atoms with Crippen molar-refractivity contribution in [1.29, 1.82) is 0 Å². The number of anilines is 3. The van der Waals surface area contributed by atoms with Crippen LogP contribution in [-0.4, -0.2) is 47.0 Å². The van der Waals surface area contributed by atoms with Crippen molar-refractivity contribution in [3.63, 3.8) is 0 Å². The molecule has 1 saturated carbocycles. The summed E-state index contributed by atoms with van der Waals surface area (Å²) in [5, 5.41) is 12.8. The lowest BCUT2D eigenvalue weighted by molar-refractivity contribution is -0.143. The quantitative estimate of drug-likeness (QED) is 0.457. The van der Waals surface area contributed by atoms with E-state index in [4.69, 9.17) is 14.5 Å². The summed E-state index contributed by atoms with van der Waals surface area (Å²) >= 11 is 0. The molecule has 0 spiro atoms. The molecule has 1 amide bonds. The number of carbonyl (C=O) groups is 2. The van der Waals surface area contributed by atoms with Gasteiger partial charge < -0.3 is 24.5 Å². The Morgan fingerprint density at radius 2 is 1.86 bits per heavy atom. The molecule has 1 unspecified atom stereocenters. The summed E-state index contributed by atoms with van der Waals surface area (Å²) in [6.07, 6.45) is 3.70. The number of benzene rings is 2. The molecule has 10 heteroatoms. The molecule has 2 aromatic carbocycles. The van der Waals surface area contributed by atoms with Crippen LogP contribution in [0.15, 0.2) is 30.3 Å². The number of nitrogens with one attached hydrogen (secondary N) is 1. The summed E-state index contributed by atoms with van der Waals surface area (Å²) in [4.78, 5) is 30.8. The number of nitrogens with zero attached hydrogens (tertiary/aromatic N) is 3. The van der Waals surface area contributed by atoms with Crippen LogP contribution in [0.3, 0.4) is 0 Å². The molecule has 9 nitrogen and oxygen atoms in total. The molecule has 3 aromatic rings. The number of imidazole rings is 1. The molecule has 2 heterocycles. The van der Waals surface area contributed by atoms with Crippen LogP contribution in [0.2, 0.25) is 0 Å². The third-order valence-corrected chi connectivity index (χ3v) is 7.64. The van der Waals surface area contributed by atoms with Crippen molar-refractivity contribution in [2.24, 2.45) is 5.92 Å². The van der Waals surface area contributed by atoms with E-state index in [9.17, 15) is 19.1 Å². The van der Waals surface area contributed by atoms with Gasteiger partial charge >= 0.3 is 12.1 Å². The van der Waals surface area contributed by atoms with E-state index < -0.39 is 17.9 Å². The van der Waals surface area contributed by atoms with Gasteiger partial charge in [0.1, 0.15) is 0 Å². The maximum Gasteiger partial charge on any atom is 0.414 e. The van der Waals surface area contributed by atoms with Gasteiger partial charge in [-0.2, -0.15) is 0 Å². The Bertz CT molecular complexity index is 1350. The molecule has 0 radical (unpaired) electrons. The van der Waals surface area contributed by atoms with Crippen LogP contribution in [-0.2, 0) is 16.0 Å². The Kier molecular flexibility index (Phi) is 6.66. The van der Waals surface area contributed by atoms with E-state index in [1.165, 1.54) is 20.3 Å². The lowest BCUT2D eigenvalue weighted by Gasteiger charge is -2.34. The van der Waals surface area contributed by atoms with Gasteiger partial charge in [0, 0.05) is 29.4 Å². The van der Waals surface area contributed by atoms with Crippen molar-refractivity contribution in [3.05, 3.63) is 41.7 Å². The number of aryl methyl sites for hydroxylation is 1. The van der Waals surface area contributed by atoms with Gasteiger partial charge in [-0.05, 0) is 69.7 Å². The van der Waals surface area contributed by atoms with Crippen molar-refractivity contribution in [2.45, 2.75) is 57.5 Å². The van der Waals surface area contributed by atoms with E-state index in [0.717, 1.165) is 35.1 Å². The summed E-state index contributed by atoms with van der Waals surface area (Å²) in [5.41, 5.74) is 4.07. The highest BCUT2D eigenvalue weighted by Crippen LogP contribution is 2.42. The zero-order valence-corrected chi connectivity index (χ0v) is 21.2. The number of halogens is 1. The van der Waals surface area contributed by atoms with Crippen LogP contribution < -0.4 is 15.0 Å². The zero-order valence-electron chi connectivity index (χ0n) is 21.2. The molecular formula is C27H31FN4O5. The van der Waals surface area contributed by atoms with Gasteiger partial charge in [0.05, 0.1) is 36.9 Å². The minimum Gasteiger partial charge on any atom is -0.494 e. The summed E-state index contributed by atoms with van der Waals surface area (Å²) in [6.45, 7) is 2.00. The van der Waals surface area contributed by atoms with Crippen LogP contribution in [0.4, 0.5) is 26.5 Å². The highest BCUT2D eigenvalue weighted by atomic mass is 19.1. The number of amides is 1. The zero-order chi connectivity index (χ0) is 26.3. The number of rotatable bonds is 5. The molecular weight excluding hydrogens is 479 g/mol. The second-order valence-electron chi connectivity index (χ2n) is 9.78. The number of carboxylic acids is 1. The first-order valence-corrected chi connectivity index (χ1v) is 12.6. The number of carbonyl (C=O) groups excluding carboxylic acids is 1. The minimum absolute atomic E-state index is 0.00458. The fourth-order valence-electron chi connectivity index (χ4n) is 5.68. The molecule has 1 aromatic heterocycles. The third kappa shape index (κ3) is 4.45. The number of methoxy groups -OCH3 is 2. The smallest absolute Gasteiger partial charge is 0.414 e. The number of carboxylic acid groups (broad SMARTS) is 1. The molecule has 1 fully saturated rings. The molecule has 1 aliphatic carbocycles. The standard InChI is InChI=1S/C27H31FN4O5/c1-15-4-10-19-21(31(15)27(35)37-3)12-13-22-24(19)30-26(29-17-7-11-20(28)23(14-17)36-2)32(22)18-8-5-16(6-9-18)25(33)34/h7,11-16,18H,4-6,8-10H2,1-3H3,(H,29,30)(H,33,34). The fourth-order valence-corrected chi connectivity index (χ4v) is 5.68. The van der Waals surface area contributed by atoms with Crippen LogP contribution in [0, 0.1) is 11.7 Å². The number of hydrogen-bond donors (Lipinski definition) is 2. The van der Waals surface area contributed by atoms with Gasteiger partial charge in [-0.15, -0.1) is 0 Å². The average molecular weight is 511 g/mol. The van der Waals surface area contributed by atoms with Gasteiger partial charge in [0.25, 0.3) is 0 Å². The number of fused-ring (bicyclic) bond motifs is 3. The van der Waals surface area contributed by atoms with Crippen molar-refractivity contribution < 1.29 is 28.6 Å². The highest BCUT2D eigenvalue weighted by Gasteiger charge is 2.33. The third-order valence-electron chi connectivity index (χ3n) is 7.64. The monoisotopic (exact) mass is 510 g/mol. The van der Waals surface area contributed by atoms with Crippen molar-refractivity contribution >= 4 is 40.4 Å². The highest BCUT2D eigenvalue weighted by molar-refractivity contribution is 5.96. The Labute approximate surface area is 214 Å². The number of ether oxygens (including phenoxy) is 2. The Morgan fingerprint density at radius 3 is 2.54 bits per heavy atom. The summed E-state index contributed by atoms with van der Waals surface area (Å²) < 4.78 is 26.4. The maximum atomic E-state index is 14.0. The number of aliphatic carboxylic acids is 1. The molecule has 196 valence electrons. The first kappa shape index (κ1) is 24.9. The lowest BCUT2D eigenvalue weighted by Crippen LogP contribution is -2.42. The van der Waals surface area contributed by atoms with Gasteiger partial charge in [-0.1, -0.05) is 0 Å². The van der Waals surface area contributed by atoms with Crippen molar-refractivity contribution in [3.8, 4) is 5.75 Å². The molecule has 2 aliphatic rings. The van der Waals surface area contributed by atoms with E-state index in [-0.39, 0.29) is 23.8 Å². The fraction of sp³-hybridized carbons (Fsp3) is 0.444.